The van der Waals surface area contributed by atoms with E-state index in [0.29, 0.717) is 5.02 Å². The number of aliphatic hydroxyl groups is 1. The van der Waals surface area contributed by atoms with Gasteiger partial charge in [0.2, 0.25) is 0 Å². The van der Waals surface area contributed by atoms with Gasteiger partial charge in [-0.05, 0) is 36.6 Å². The van der Waals surface area contributed by atoms with Gasteiger partial charge in [-0.25, -0.2) is 0 Å². The van der Waals surface area contributed by atoms with Crippen molar-refractivity contribution in [1.29, 1.82) is 0 Å². The largest absolute Gasteiger partial charge is 0.501 e. The van der Waals surface area contributed by atoms with Gasteiger partial charge in [-0.1, -0.05) is 17.7 Å². The van der Waals surface area contributed by atoms with Gasteiger partial charge in [0.05, 0.1) is 18.4 Å². The quantitative estimate of drug-likeness (QED) is 0.910. The van der Waals surface area contributed by atoms with Crippen molar-refractivity contribution >= 4 is 22.5 Å². The lowest BCUT2D eigenvalue weighted by molar-refractivity contribution is 0.171. The van der Waals surface area contributed by atoms with Crippen molar-refractivity contribution in [3.8, 4) is 0 Å². The molecule has 2 heterocycles. The highest BCUT2D eigenvalue weighted by atomic mass is 35.5. The Bertz CT molecular complexity index is 639. The molecule has 0 spiro atoms. The topological polar surface area (TPSA) is 42.4 Å². The Kier molecular flexibility index (Phi) is 3.40. The number of nitrogens with zero attached hydrogens (tertiary/aromatic N) is 1. The van der Waals surface area contributed by atoms with E-state index in [2.05, 4.69) is 4.98 Å². The van der Waals surface area contributed by atoms with Crippen molar-refractivity contribution in [2.24, 2.45) is 0 Å². The van der Waals surface area contributed by atoms with Crippen molar-refractivity contribution in [2.45, 2.75) is 18.9 Å². The van der Waals surface area contributed by atoms with E-state index in [1.807, 2.05) is 18.2 Å². The van der Waals surface area contributed by atoms with Crippen LogP contribution in [0.2, 0.25) is 5.02 Å². The van der Waals surface area contributed by atoms with Gasteiger partial charge in [-0.2, -0.15) is 0 Å². The van der Waals surface area contributed by atoms with Gasteiger partial charge in [-0.15, -0.1) is 0 Å². The summed E-state index contributed by atoms with van der Waals surface area (Å²) in [4.78, 5) is 4.35. The predicted molar refractivity (Wildman–Crippen MR) is 75.0 cm³/mol. The second-order valence-corrected chi connectivity index (χ2v) is 5.01. The number of rotatable bonds is 2. The molecular weight excluding hydrogens is 262 g/mol. The second kappa shape index (κ2) is 5.19. The fourth-order valence-corrected chi connectivity index (χ4v) is 2.58. The molecule has 3 rings (SSSR count). The van der Waals surface area contributed by atoms with Gasteiger partial charge in [0.25, 0.3) is 0 Å². The van der Waals surface area contributed by atoms with Crippen LogP contribution in [-0.2, 0) is 4.74 Å². The summed E-state index contributed by atoms with van der Waals surface area (Å²) in [6, 6.07) is 7.38. The molecule has 3 nitrogen and oxygen atoms in total. The van der Waals surface area contributed by atoms with E-state index >= 15 is 0 Å². The van der Waals surface area contributed by atoms with Crippen LogP contribution in [0.3, 0.4) is 0 Å². The number of hydrogen-bond donors (Lipinski definition) is 1. The van der Waals surface area contributed by atoms with Crippen molar-refractivity contribution < 1.29 is 9.84 Å². The normalized spacial score (nSPS) is 16.8. The van der Waals surface area contributed by atoms with E-state index < -0.39 is 6.10 Å². The van der Waals surface area contributed by atoms with E-state index in [9.17, 15) is 5.11 Å². The highest BCUT2D eigenvalue weighted by Crippen LogP contribution is 2.33. The van der Waals surface area contributed by atoms with Gasteiger partial charge in [0.1, 0.15) is 6.10 Å². The van der Waals surface area contributed by atoms with Gasteiger partial charge in [0.15, 0.2) is 0 Å². The molecule has 0 saturated heterocycles. The molecule has 1 aliphatic rings. The van der Waals surface area contributed by atoms with Crippen LogP contribution < -0.4 is 0 Å². The molecule has 0 bridgehead atoms. The smallest absolute Gasteiger partial charge is 0.105 e. The lowest BCUT2D eigenvalue weighted by Crippen LogP contribution is -2.08. The summed E-state index contributed by atoms with van der Waals surface area (Å²) in [5.41, 5.74) is 2.41. The molecule has 4 heteroatoms. The standard InChI is InChI=1S/C15H14ClNO2/c16-13-6-5-12(14-11(13)4-1-7-17-14)15(18)10-3-2-8-19-9-10/h1,4-7,9,15,18H,2-3,8H2. The highest BCUT2D eigenvalue weighted by Gasteiger charge is 2.19. The first-order valence-corrected chi connectivity index (χ1v) is 6.67. The van der Waals surface area contributed by atoms with Crippen LogP contribution in [-0.4, -0.2) is 16.7 Å². The number of hydrogen-bond acceptors (Lipinski definition) is 3. The summed E-state index contributed by atoms with van der Waals surface area (Å²) in [6.45, 7) is 0.718. The van der Waals surface area contributed by atoms with Crippen molar-refractivity contribution in [2.75, 3.05) is 6.61 Å². The molecule has 1 aromatic carbocycles. The zero-order chi connectivity index (χ0) is 13.2. The van der Waals surface area contributed by atoms with Crippen LogP contribution in [0.5, 0.6) is 0 Å². The van der Waals surface area contributed by atoms with E-state index in [4.69, 9.17) is 16.3 Å². The number of ether oxygens (including phenoxy) is 1. The van der Waals surface area contributed by atoms with Crippen molar-refractivity contribution in [3.63, 3.8) is 0 Å². The number of fused-ring (bicyclic) bond motifs is 1. The molecule has 1 atom stereocenters. The molecular formula is C15H14ClNO2. The Balaban J connectivity index is 2.10. The Morgan fingerprint density at radius 3 is 3.00 bits per heavy atom. The molecule has 0 saturated carbocycles. The van der Waals surface area contributed by atoms with Crippen LogP contribution in [0.15, 0.2) is 42.3 Å². The molecule has 0 aliphatic carbocycles. The fraction of sp³-hybridized carbons (Fsp3) is 0.267. The molecule has 2 aromatic rings. The van der Waals surface area contributed by atoms with Crippen LogP contribution in [0.1, 0.15) is 24.5 Å². The lowest BCUT2D eigenvalue weighted by Gasteiger charge is -2.20. The SMILES string of the molecule is OC(C1=COCCC1)c1ccc(Cl)c2cccnc12. The average Bonchev–Trinajstić information content (AvgIpc) is 2.48. The van der Waals surface area contributed by atoms with Crippen molar-refractivity contribution in [1.82, 2.24) is 4.98 Å². The summed E-state index contributed by atoms with van der Waals surface area (Å²) < 4.78 is 5.29. The minimum atomic E-state index is -0.685. The fourth-order valence-electron chi connectivity index (χ4n) is 2.37. The highest BCUT2D eigenvalue weighted by molar-refractivity contribution is 6.35. The van der Waals surface area contributed by atoms with Crippen LogP contribution in [0.4, 0.5) is 0 Å². The summed E-state index contributed by atoms with van der Waals surface area (Å²) >= 11 is 6.16. The summed E-state index contributed by atoms with van der Waals surface area (Å²) in [5.74, 6) is 0. The Labute approximate surface area is 116 Å². The lowest BCUT2D eigenvalue weighted by atomic mass is 9.96. The zero-order valence-corrected chi connectivity index (χ0v) is 11.1. The number of benzene rings is 1. The second-order valence-electron chi connectivity index (χ2n) is 4.61. The summed E-state index contributed by atoms with van der Waals surface area (Å²) in [5, 5.41) is 12.0. The average molecular weight is 276 g/mol. The minimum absolute atomic E-state index is 0.646. The van der Waals surface area contributed by atoms with Gasteiger partial charge < -0.3 is 9.84 Å². The van der Waals surface area contributed by atoms with Crippen molar-refractivity contribution in [3.05, 3.63) is 52.9 Å². The Morgan fingerprint density at radius 2 is 2.21 bits per heavy atom. The summed E-state index contributed by atoms with van der Waals surface area (Å²) in [7, 11) is 0. The number of aliphatic hydroxyl groups excluding tert-OH is 1. The van der Waals surface area contributed by atoms with Gasteiger partial charge in [0, 0.05) is 22.2 Å². The van der Waals surface area contributed by atoms with Gasteiger partial charge in [-0.3, -0.25) is 4.98 Å². The van der Waals surface area contributed by atoms with Crippen LogP contribution >= 0.6 is 11.6 Å². The first-order valence-electron chi connectivity index (χ1n) is 6.29. The van der Waals surface area contributed by atoms with E-state index in [1.54, 1.807) is 18.5 Å². The molecule has 1 N–H and O–H groups in total. The third-order valence-corrected chi connectivity index (χ3v) is 3.69. The van der Waals surface area contributed by atoms with E-state index in [0.717, 1.165) is 41.5 Å². The maximum atomic E-state index is 10.5. The molecule has 1 aromatic heterocycles. The third kappa shape index (κ3) is 2.31. The monoisotopic (exact) mass is 275 g/mol. The van der Waals surface area contributed by atoms with E-state index in [-0.39, 0.29) is 0 Å². The number of halogens is 1. The first kappa shape index (κ1) is 12.5. The third-order valence-electron chi connectivity index (χ3n) is 3.36. The van der Waals surface area contributed by atoms with E-state index in [1.165, 1.54) is 0 Å². The van der Waals surface area contributed by atoms with Gasteiger partial charge >= 0.3 is 0 Å². The summed E-state index contributed by atoms with van der Waals surface area (Å²) in [6.07, 6.45) is 4.47. The van der Waals surface area contributed by atoms with Crippen LogP contribution in [0, 0.1) is 0 Å². The number of aromatic nitrogens is 1. The molecule has 0 fully saturated rings. The maximum Gasteiger partial charge on any atom is 0.105 e. The van der Waals surface area contributed by atoms with Crippen LogP contribution in [0.25, 0.3) is 10.9 Å². The molecule has 1 aliphatic heterocycles. The zero-order valence-electron chi connectivity index (χ0n) is 10.3. The first-order chi connectivity index (χ1) is 9.27. The maximum absolute atomic E-state index is 10.5. The number of pyridine rings is 1. The minimum Gasteiger partial charge on any atom is -0.501 e. The molecule has 0 radical (unpaired) electrons. The molecule has 1 unspecified atom stereocenters. The molecule has 98 valence electrons. The molecule has 0 amide bonds. The Hall–Kier alpha value is -1.58. The predicted octanol–water partition coefficient (Wildman–Crippen LogP) is 3.62. The molecule has 19 heavy (non-hydrogen) atoms. The Morgan fingerprint density at radius 1 is 1.32 bits per heavy atom.